The number of carbonyl (C=O) groups excluding carboxylic acids is 3. The van der Waals surface area contributed by atoms with E-state index in [2.05, 4.69) is 0 Å². The summed E-state index contributed by atoms with van der Waals surface area (Å²) in [5.74, 6) is 0.0843. The number of fused-ring (bicyclic) bond motifs is 1. The van der Waals surface area contributed by atoms with Gasteiger partial charge < -0.3 is 14.2 Å². The van der Waals surface area contributed by atoms with Crippen LogP contribution in [-0.2, 0) is 16.0 Å². The zero-order valence-corrected chi connectivity index (χ0v) is 15.7. The minimum absolute atomic E-state index is 0.00212. The van der Waals surface area contributed by atoms with Gasteiger partial charge in [-0.3, -0.25) is 14.4 Å². The molecule has 0 N–H and O–H groups in total. The quantitative estimate of drug-likeness (QED) is 0.514. The molecule has 6 nitrogen and oxygen atoms in total. The van der Waals surface area contributed by atoms with Gasteiger partial charge in [0.25, 0.3) is 0 Å². The third-order valence-electron chi connectivity index (χ3n) is 4.47. The van der Waals surface area contributed by atoms with Gasteiger partial charge in [-0.15, -0.1) is 0 Å². The average Bonchev–Trinajstić information content (AvgIpc) is 2.75. The number of rotatable bonds is 8. The van der Waals surface area contributed by atoms with Crippen LogP contribution < -0.4 is 9.47 Å². The first kappa shape index (κ1) is 19.6. The lowest BCUT2D eigenvalue weighted by Crippen LogP contribution is -2.16. The first-order valence-corrected chi connectivity index (χ1v) is 9.27. The maximum absolute atomic E-state index is 12.3. The predicted octanol–water partition coefficient (Wildman–Crippen LogP) is 3.41. The third kappa shape index (κ3) is 4.97. The standard InChI is InChI=1S/C22H22O6/c1-2-15-3-5-16(6-4-15)19(24)14-28-22(25)10-8-18(23)17-7-9-20-21(13-17)27-12-11-26-20/h3-7,9,13H,2,8,10-12,14H2,1H3. The minimum atomic E-state index is -0.579. The lowest BCUT2D eigenvalue weighted by atomic mass is 10.1. The average molecular weight is 382 g/mol. The number of ketones is 2. The van der Waals surface area contributed by atoms with E-state index in [0.717, 1.165) is 12.0 Å². The van der Waals surface area contributed by atoms with Crippen LogP contribution in [0.5, 0.6) is 11.5 Å². The van der Waals surface area contributed by atoms with Crippen molar-refractivity contribution in [2.45, 2.75) is 26.2 Å². The van der Waals surface area contributed by atoms with Gasteiger partial charge in [0.05, 0.1) is 6.42 Å². The van der Waals surface area contributed by atoms with Crippen molar-refractivity contribution in [3.63, 3.8) is 0 Å². The Morgan fingerprint density at radius 1 is 0.857 bits per heavy atom. The Bertz CT molecular complexity index is 869. The zero-order chi connectivity index (χ0) is 19.9. The first-order valence-electron chi connectivity index (χ1n) is 9.27. The van der Waals surface area contributed by atoms with Crippen molar-refractivity contribution in [3.05, 3.63) is 59.2 Å². The second-order valence-electron chi connectivity index (χ2n) is 6.42. The molecule has 2 aromatic carbocycles. The number of ether oxygens (including phenoxy) is 3. The zero-order valence-electron chi connectivity index (χ0n) is 15.7. The van der Waals surface area contributed by atoms with Crippen molar-refractivity contribution >= 4 is 17.5 Å². The van der Waals surface area contributed by atoms with Gasteiger partial charge in [-0.2, -0.15) is 0 Å². The summed E-state index contributed by atoms with van der Waals surface area (Å²) in [5, 5.41) is 0. The number of esters is 1. The van der Waals surface area contributed by atoms with Gasteiger partial charge in [0.15, 0.2) is 29.7 Å². The molecule has 0 fully saturated rings. The first-order chi connectivity index (χ1) is 13.6. The van der Waals surface area contributed by atoms with E-state index in [0.29, 0.717) is 35.8 Å². The molecule has 1 aliphatic rings. The van der Waals surface area contributed by atoms with E-state index in [-0.39, 0.29) is 31.0 Å². The Hall–Kier alpha value is -3.15. The summed E-state index contributed by atoms with van der Waals surface area (Å²) in [4.78, 5) is 36.2. The summed E-state index contributed by atoms with van der Waals surface area (Å²) in [6.45, 7) is 2.62. The smallest absolute Gasteiger partial charge is 0.306 e. The SMILES string of the molecule is CCc1ccc(C(=O)COC(=O)CCC(=O)c2ccc3c(c2)OCCO3)cc1. The van der Waals surface area contributed by atoms with E-state index >= 15 is 0 Å². The molecule has 0 spiro atoms. The maximum Gasteiger partial charge on any atom is 0.306 e. The summed E-state index contributed by atoms with van der Waals surface area (Å²) >= 11 is 0. The van der Waals surface area contributed by atoms with E-state index in [1.54, 1.807) is 30.3 Å². The summed E-state index contributed by atoms with van der Waals surface area (Å²) < 4.78 is 15.9. The molecule has 0 bridgehead atoms. The lowest BCUT2D eigenvalue weighted by molar-refractivity contribution is -0.142. The molecular weight excluding hydrogens is 360 g/mol. The number of carbonyl (C=O) groups is 3. The highest BCUT2D eigenvalue weighted by molar-refractivity contribution is 5.99. The second-order valence-corrected chi connectivity index (χ2v) is 6.42. The predicted molar refractivity (Wildman–Crippen MR) is 102 cm³/mol. The Balaban J connectivity index is 1.45. The Morgan fingerprint density at radius 3 is 2.25 bits per heavy atom. The molecule has 0 aromatic heterocycles. The normalized spacial score (nSPS) is 12.3. The largest absolute Gasteiger partial charge is 0.486 e. The molecule has 0 atom stereocenters. The van der Waals surface area contributed by atoms with Crippen LogP contribution in [0.15, 0.2) is 42.5 Å². The van der Waals surface area contributed by atoms with Crippen molar-refractivity contribution in [2.24, 2.45) is 0 Å². The molecular formula is C22H22O6. The molecule has 1 aliphatic heterocycles. The van der Waals surface area contributed by atoms with E-state index in [9.17, 15) is 14.4 Å². The van der Waals surface area contributed by atoms with Crippen LogP contribution in [-0.4, -0.2) is 37.4 Å². The highest BCUT2D eigenvalue weighted by atomic mass is 16.6. The van der Waals surface area contributed by atoms with Gasteiger partial charge >= 0.3 is 5.97 Å². The van der Waals surface area contributed by atoms with Gasteiger partial charge in [-0.1, -0.05) is 31.2 Å². The van der Waals surface area contributed by atoms with Crippen LogP contribution in [0.2, 0.25) is 0 Å². The van der Waals surface area contributed by atoms with Gasteiger partial charge in [-0.05, 0) is 30.2 Å². The number of aryl methyl sites for hydroxylation is 1. The van der Waals surface area contributed by atoms with Crippen LogP contribution in [0.1, 0.15) is 46.0 Å². The number of benzene rings is 2. The Kier molecular flexibility index (Phi) is 6.42. The van der Waals surface area contributed by atoms with Crippen LogP contribution >= 0.6 is 0 Å². The van der Waals surface area contributed by atoms with E-state index in [1.165, 1.54) is 0 Å². The lowest BCUT2D eigenvalue weighted by Gasteiger charge is -2.18. The van der Waals surface area contributed by atoms with Crippen molar-refractivity contribution < 1.29 is 28.6 Å². The highest BCUT2D eigenvalue weighted by Gasteiger charge is 2.17. The highest BCUT2D eigenvalue weighted by Crippen LogP contribution is 2.31. The monoisotopic (exact) mass is 382 g/mol. The van der Waals surface area contributed by atoms with Crippen molar-refractivity contribution in [3.8, 4) is 11.5 Å². The van der Waals surface area contributed by atoms with Crippen molar-refractivity contribution in [2.75, 3.05) is 19.8 Å². The fourth-order valence-corrected chi connectivity index (χ4v) is 2.80. The topological polar surface area (TPSA) is 78.9 Å². The van der Waals surface area contributed by atoms with Crippen molar-refractivity contribution in [1.82, 2.24) is 0 Å². The van der Waals surface area contributed by atoms with Crippen LogP contribution in [0.4, 0.5) is 0 Å². The van der Waals surface area contributed by atoms with Crippen LogP contribution in [0.3, 0.4) is 0 Å². The second kappa shape index (κ2) is 9.17. The van der Waals surface area contributed by atoms with Gasteiger partial charge in [0.2, 0.25) is 0 Å². The molecule has 28 heavy (non-hydrogen) atoms. The molecule has 3 rings (SSSR count). The Labute approximate surface area is 163 Å². The summed E-state index contributed by atoms with van der Waals surface area (Å²) in [6.07, 6.45) is 0.800. The fraction of sp³-hybridized carbons (Fsp3) is 0.318. The summed E-state index contributed by atoms with van der Waals surface area (Å²) in [5.41, 5.74) is 2.08. The van der Waals surface area contributed by atoms with Crippen LogP contribution in [0, 0.1) is 0 Å². The number of hydrogen-bond donors (Lipinski definition) is 0. The maximum atomic E-state index is 12.3. The fourth-order valence-electron chi connectivity index (χ4n) is 2.80. The molecule has 0 unspecified atom stereocenters. The van der Waals surface area contributed by atoms with E-state index in [4.69, 9.17) is 14.2 Å². The van der Waals surface area contributed by atoms with Crippen LogP contribution in [0.25, 0.3) is 0 Å². The molecule has 0 saturated carbocycles. The number of Topliss-reactive ketones (excluding diaryl/α,β-unsaturated/α-hetero) is 2. The minimum Gasteiger partial charge on any atom is -0.486 e. The molecule has 0 aliphatic carbocycles. The van der Waals surface area contributed by atoms with Gasteiger partial charge in [0.1, 0.15) is 13.2 Å². The van der Waals surface area contributed by atoms with Gasteiger partial charge in [0, 0.05) is 17.5 Å². The van der Waals surface area contributed by atoms with E-state index in [1.807, 2.05) is 19.1 Å². The molecule has 0 amide bonds. The molecule has 2 aromatic rings. The molecule has 146 valence electrons. The number of hydrogen-bond acceptors (Lipinski definition) is 6. The molecule has 1 heterocycles. The summed E-state index contributed by atoms with van der Waals surface area (Å²) in [6, 6.07) is 12.1. The third-order valence-corrected chi connectivity index (χ3v) is 4.47. The van der Waals surface area contributed by atoms with E-state index < -0.39 is 5.97 Å². The molecule has 0 saturated heterocycles. The van der Waals surface area contributed by atoms with Gasteiger partial charge in [-0.25, -0.2) is 0 Å². The molecule has 6 heteroatoms. The summed E-state index contributed by atoms with van der Waals surface area (Å²) in [7, 11) is 0. The molecule has 0 radical (unpaired) electrons. The van der Waals surface area contributed by atoms with Crippen molar-refractivity contribution in [1.29, 1.82) is 0 Å². The Morgan fingerprint density at radius 2 is 1.54 bits per heavy atom.